The van der Waals surface area contributed by atoms with Crippen LogP contribution in [0.15, 0.2) is 55.1 Å². The van der Waals surface area contributed by atoms with Crippen molar-refractivity contribution in [2.45, 2.75) is 13.0 Å². The maximum absolute atomic E-state index is 14.1. The van der Waals surface area contributed by atoms with E-state index in [1.807, 2.05) is 4.57 Å². The molecule has 5 nitrogen and oxygen atoms in total. The molecule has 0 saturated heterocycles. The smallest absolute Gasteiger partial charge is 0.260 e. The van der Waals surface area contributed by atoms with Crippen molar-refractivity contribution in [3.63, 3.8) is 0 Å². The number of hydrogen-bond acceptors (Lipinski definition) is 4. The molecule has 0 radical (unpaired) electrons. The quantitative estimate of drug-likeness (QED) is 0.410. The fourth-order valence-electron chi connectivity index (χ4n) is 2.95. The summed E-state index contributed by atoms with van der Waals surface area (Å²) in [5.41, 5.74) is 0.150. The molecule has 0 fully saturated rings. The molecule has 10 heteroatoms. The molecule has 0 unspecified atom stereocenters. The van der Waals surface area contributed by atoms with Gasteiger partial charge in [0.15, 0.2) is 10.9 Å². The number of anilines is 1. The lowest BCUT2D eigenvalue weighted by atomic mass is 10.2. The Balaban J connectivity index is 0.00000256. The highest BCUT2D eigenvalue weighted by Crippen LogP contribution is 2.32. The van der Waals surface area contributed by atoms with Crippen molar-refractivity contribution >= 4 is 45.0 Å². The predicted molar refractivity (Wildman–Crippen MR) is 112 cm³/mol. The molecule has 0 saturated carbocycles. The number of aromatic nitrogens is 3. The van der Waals surface area contributed by atoms with E-state index in [4.69, 9.17) is 0 Å². The standard InChI is InChI=1S/C20H15F3N4OS.ClH/c21-14-4-1-3-13(9-14)19(28)27(7-2-6-26-8-5-24-12-26)20-25-18-16(23)10-15(22)11-17(18)29-20;/h1,3-5,8-12H,2,6-7H2;1H. The van der Waals surface area contributed by atoms with Gasteiger partial charge in [-0.2, -0.15) is 0 Å². The molecule has 2 heterocycles. The van der Waals surface area contributed by atoms with Crippen LogP contribution in [-0.4, -0.2) is 27.0 Å². The first-order valence-corrected chi connectivity index (χ1v) is 9.61. The van der Waals surface area contributed by atoms with Crippen molar-refractivity contribution in [2.75, 3.05) is 11.4 Å². The number of carbonyl (C=O) groups excluding carboxylic acids is 1. The molecule has 0 atom stereocenters. The number of imidazole rings is 1. The van der Waals surface area contributed by atoms with E-state index in [9.17, 15) is 18.0 Å². The van der Waals surface area contributed by atoms with Gasteiger partial charge in [0.1, 0.15) is 17.2 Å². The molecule has 2 aromatic heterocycles. The Kier molecular flexibility index (Phi) is 6.73. The maximum Gasteiger partial charge on any atom is 0.260 e. The number of halogens is 4. The minimum absolute atomic E-state index is 0. The van der Waals surface area contributed by atoms with Crippen molar-refractivity contribution in [1.29, 1.82) is 0 Å². The Hall–Kier alpha value is -2.91. The second-order valence-corrected chi connectivity index (χ2v) is 7.36. The molecule has 156 valence electrons. The number of rotatable bonds is 6. The van der Waals surface area contributed by atoms with Crippen LogP contribution in [0, 0.1) is 17.5 Å². The molecule has 0 bridgehead atoms. The van der Waals surface area contributed by atoms with Crippen LogP contribution in [0.1, 0.15) is 16.8 Å². The van der Waals surface area contributed by atoms with Crippen molar-refractivity contribution in [3.8, 4) is 0 Å². The Morgan fingerprint density at radius 3 is 2.70 bits per heavy atom. The number of carbonyl (C=O) groups is 1. The first-order valence-electron chi connectivity index (χ1n) is 8.80. The molecule has 0 aliphatic rings. The number of thiazole rings is 1. The summed E-state index contributed by atoms with van der Waals surface area (Å²) in [7, 11) is 0. The van der Waals surface area contributed by atoms with Crippen molar-refractivity contribution in [1.82, 2.24) is 14.5 Å². The summed E-state index contributed by atoms with van der Waals surface area (Å²) < 4.78 is 43.4. The van der Waals surface area contributed by atoms with Gasteiger partial charge in [-0.15, -0.1) is 12.4 Å². The Morgan fingerprint density at radius 2 is 1.97 bits per heavy atom. The highest BCUT2D eigenvalue weighted by molar-refractivity contribution is 7.22. The van der Waals surface area contributed by atoms with Crippen LogP contribution >= 0.6 is 23.7 Å². The van der Waals surface area contributed by atoms with Gasteiger partial charge in [0.2, 0.25) is 0 Å². The van der Waals surface area contributed by atoms with Gasteiger partial charge in [-0.25, -0.2) is 23.1 Å². The summed E-state index contributed by atoms with van der Waals surface area (Å²) in [5, 5.41) is 0.226. The van der Waals surface area contributed by atoms with Crippen LogP contribution in [0.3, 0.4) is 0 Å². The molecule has 0 N–H and O–H groups in total. The van der Waals surface area contributed by atoms with Gasteiger partial charge in [-0.05, 0) is 30.7 Å². The van der Waals surface area contributed by atoms with Gasteiger partial charge in [-0.1, -0.05) is 17.4 Å². The zero-order chi connectivity index (χ0) is 20.4. The van der Waals surface area contributed by atoms with Crippen molar-refractivity contribution in [3.05, 3.63) is 78.1 Å². The van der Waals surface area contributed by atoms with Gasteiger partial charge in [0.05, 0.1) is 11.0 Å². The lowest BCUT2D eigenvalue weighted by molar-refractivity contribution is 0.0986. The molecule has 0 aliphatic carbocycles. The van der Waals surface area contributed by atoms with Gasteiger partial charge >= 0.3 is 0 Å². The number of benzene rings is 2. The highest BCUT2D eigenvalue weighted by Gasteiger charge is 2.22. The lowest BCUT2D eigenvalue weighted by Crippen LogP contribution is -2.32. The molecule has 2 aromatic carbocycles. The first-order chi connectivity index (χ1) is 14.0. The van der Waals surface area contributed by atoms with Crippen LogP contribution < -0.4 is 4.90 Å². The Bertz CT molecular complexity index is 1170. The predicted octanol–water partition coefficient (Wildman–Crippen LogP) is 5.07. The minimum Gasteiger partial charge on any atom is -0.337 e. The lowest BCUT2D eigenvalue weighted by Gasteiger charge is -2.20. The van der Waals surface area contributed by atoms with E-state index in [2.05, 4.69) is 9.97 Å². The van der Waals surface area contributed by atoms with E-state index in [0.29, 0.717) is 17.7 Å². The van der Waals surface area contributed by atoms with Crippen molar-refractivity contribution in [2.24, 2.45) is 0 Å². The molecule has 4 aromatic rings. The molecular formula is C20H16ClF3N4OS. The Morgan fingerprint density at radius 1 is 1.13 bits per heavy atom. The van der Waals surface area contributed by atoms with Crippen LogP contribution in [0.2, 0.25) is 0 Å². The largest absolute Gasteiger partial charge is 0.337 e. The minimum atomic E-state index is -0.793. The fraction of sp³-hybridized carbons (Fsp3) is 0.150. The average molecular weight is 453 g/mol. The summed E-state index contributed by atoms with van der Waals surface area (Å²) >= 11 is 1.01. The number of amides is 1. The van der Waals surface area contributed by atoms with Crippen LogP contribution in [-0.2, 0) is 6.54 Å². The number of hydrogen-bond donors (Lipinski definition) is 0. The molecule has 0 spiro atoms. The number of aryl methyl sites for hydroxylation is 1. The SMILES string of the molecule is Cl.O=C(c1cccc(F)c1)N(CCCn1ccnc1)c1nc2c(F)cc(F)cc2s1. The van der Waals surface area contributed by atoms with E-state index in [1.54, 1.807) is 18.7 Å². The van der Waals surface area contributed by atoms with Crippen LogP contribution in [0.5, 0.6) is 0 Å². The van der Waals surface area contributed by atoms with E-state index < -0.39 is 23.4 Å². The molecule has 30 heavy (non-hydrogen) atoms. The first kappa shape index (κ1) is 21.8. The number of fused-ring (bicyclic) bond motifs is 1. The van der Waals surface area contributed by atoms with Gasteiger partial charge < -0.3 is 4.57 Å². The summed E-state index contributed by atoms with van der Waals surface area (Å²) in [6.45, 7) is 0.859. The van der Waals surface area contributed by atoms with Crippen molar-refractivity contribution < 1.29 is 18.0 Å². The van der Waals surface area contributed by atoms with E-state index in [0.717, 1.165) is 23.5 Å². The van der Waals surface area contributed by atoms with Gasteiger partial charge in [0.25, 0.3) is 5.91 Å². The highest BCUT2D eigenvalue weighted by atomic mass is 35.5. The third kappa shape index (κ3) is 4.63. The van der Waals surface area contributed by atoms with Gasteiger partial charge in [0, 0.05) is 37.1 Å². The molecule has 1 amide bonds. The number of nitrogens with zero attached hydrogens (tertiary/aromatic N) is 4. The Labute approximate surface area is 180 Å². The molecular weight excluding hydrogens is 437 g/mol. The normalized spacial score (nSPS) is 10.8. The third-order valence-electron chi connectivity index (χ3n) is 4.31. The molecule has 4 rings (SSSR count). The van der Waals surface area contributed by atoms with E-state index in [-0.39, 0.29) is 35.2 Å². The zero-order valence-electron chi connectivity index (χ0n) is 15.5. The van der Waals surface area contributed by atoms with Crippen LogP contribution in [0.25, 0.3) is 10.2 Å². The average Bonchev–Trinajstić information content (AvgIpc) is 3.34. The summed E-state index contributed by atoms with van der Waals surface area (Å²) in [4.78, 5) is 22.6. The van der Waals surface area contributed by atoms with Crippen LogP contribution in [0.4, 0.5) is 18.3 Å². The molecule has 0 aliphatic heterocycles. The third-order valence-corrected chi connectivity index (χ3v) is 5.33. The summed E-state index contributed by atoms with van der Waals surface area (Å²) in [6, 6.07) is 7.26. The summed E-state index contributed by atoms with van der Waals surface area (Å²) in [6.07, 6.45) is 5.67. The van der Waals surface area contributed by atoms with Gasteiger partial charge in [-0.3, -0.25) is 9.69 Å². The van der Waals surface area contributed by atoms with E-state index >= 15 is 0 Å². The second-order valence-electron chi connectivity index (χ2n) is 6.35. The van der Waals surface area contributed by atoms with E-state index in [1.165, 1.54) is 29.2 Å². The zero-order valence-corrected chi connectivity index (χ0v) is 17.1. The topological polar surface area (TPSA) is 51.0 Å². The maximum atomic E-state index is 14.1. The summed E-state index contributed by atoms with van der Waals surface area (Å²) in [5.74, 6) is -2.51. The fourth-order valence-corrected chi connectivity index (χ4v) is 3.98. The monoisotopic (exact) mass is 452 g/mol. The second kappa shape index (κ2) is 9.27.